The van der Waals surface area contributed by atoms with Crippen LogP contribution in [0.25, 0.3) is 0 Å². The number of piperidine rings is 2. The molecule has 2 atom stereocenters. The van der Waals surface area contributed by atoms with E-state index >= 15 is 0 Å². The molecule has 6 nitrogen and oxygen atoms in total. The predicted molar refractivity (Wildman–Crippen MR) is 73.4 cm³/mol. The lowest BCUT2D eigenvalue weighted by molar-refractivity contribution is -0.141. The van der Waals surface area contributed by atoms with Crippen molar-refractivity contribution in [3.63, 3.8) is 0 Å². The Hall–Kier alpha value is -1.85. The molecule has 4 rings (SSSR count). The van der Waals surface area contributed by atoms with Crippen LogP contribution in [0.2, 0.25) is 0 Å². The van der Waals surface area contributed by atoms with Gasteiger partial charge in [0.1, 0.15) is 6.26 Å². The van der Waals surface area contributed by atoms with E-state index in [4.69, 9.17) is 4.52 Å². The largest absolute Gasteiger partial charge is 0.364 e. The van der Waals surface area contributed by atoms with Crippen molar-refractivity contribution in [1.82, 2.24) is 15.0 Å². The number of nitrogens with zero attached hydrogens (tertiary/aromatic N) is 3. The van der Waals surface area contributed by atoms with Crippen molar-refractivity contribution in [3.05, 3.63) is 18.0 Å². The summed E-state index contributed by atoms with van der Waals surface area (Å²) < 4.78 is 4.75. The first kappa shape index (κ1) is 12.9. The molecule has 1 saturated carbocycles. The van der Waals surface area contributed by atoms with Gasteiger partial charge < -0.3 is 14.3 Å². The predicted octanol–water partition coefficient (Wildman–Crippen LogP) is 1.29. The molecule has 0 aromatic carbocycles. The molecule has 2 aliphatic heterocycles. The Labute approximate surface area is 123 Å². The number of likely N-dealkylation sites (tertiary alicyclic amines) is 2. The Balaban J connectivity index is 1.48. The quantitative estimate of drug-likeness (QED) is 0.823. The molecule has 0 radical (unpaired) electrons. The van der Waals surface area contributed by atoms with Gasteiger partial charge in [0.05, 0.1) is 0 Å². The van der Waals surface area contributed by atoms with Gasteiger partial charge >= 0.3 is 0 Å². The summed E-state index contributed by atoms with van der Waals surface area (Å²) in [6.45, 7) is 1.43. The molecule has 6 heteroatoms. The second-order valence-electron chi connectivity index (χ2n) is 6.32. The molecular weight excluding hydrogens is 270 g/mol. The highest BCUT2D eigenvalue weighted by Crippen LogP contribution is 2.39. The molecule has 2 amide bonds. The van der Waals surface area contributed by atoms with Gasteiger partial charge in [-0.3, -0.25) is 9.59 Å². The first-order valence-electron chi connectivity index (χ1n) is 7.75. The molecule has 0 spiro atoms. The molecule has 3 fully saturated rings. The number of amides is 2. The van der Waals surface area contributed by atoms with Gasteiger partial charge in [-0.1, -0.05) is 5.16 Å². The molecule has 3 heterocycles. The molecular formula is C15H19N3O3. The van der Waals surface area contributed by atoms with Crippen molar-refractivity contribution in [2.45, 2.75) is 44.2 Å². The number of aromatic nitrogens is 1. The molecule has 3 aliphatic rings. The van der Waals surface area contributed by atoms with E-state index in [1.807, 2.05) is 4.90 Å². The zero-order chi connectivity index (χ0) is 14.4. The maximum Gasteiger partial charge on any atom is 0.276 e. The summed E-state index contributed by atoms with van der Waals surface area (Å²) >= 11 is 0. The minimum Gasteiger partial charge on any atom is -0.364 e. The summed E-state index contributed by atoms with van der Waals surface area (Å²) in [5.74, 6) is 0.667. The smallest absolute Gasteiger partial charge is 0.276 e. The summed E-state index contributed by atoms with van der Waals surface area (Å²) in [5, 5.41) is 3.73. The number of carbonyl (C=O) groups excluding carboxylic acids is 2. The van der Waals surface area contributed by atoms with Crippen LogP contribution in [-0.2, 0) is 4.79 Å². The first-order chi connectivity index (χ1) is 10.2. The third kappa shape index (κ3) is 2.22. The highest BCUT2D eigenvalue weighted by Gasteiger charge is 2.45. The zero-order valence-electron chi connectivity index (χ0n) is 11.9. The van der Waals surface area contributed by atoms with Crippen LogP contribution in [-0.4, -0.2) is 51.9 Å². The Morgan fingerprint density at radius 3 is 2.86 bits per heavy atom. The van der Waals surface area contributed by atoms with Crippen molar-refractivity contribution in [2.75, 3.05) is 13.1 Å². The number of hydrogen-bond donors (Lipinski definition) is 0. The van der Waals surface area contributed by atoms with Crippen LogP contribution in [0.5, 0.6) is 0 Å². The number of rotatable bonds is 2. The topological polar surface area (TPSA) is 66.7 Å². The monoisotopic (exact) mass is 289 g/mol. The van der Waals surface area contributed by atoms with Gasteiger partial charge in [0, 0.05) is 37.7 Å². The fraction of sp³-hybridized carbons (Fsp3) is 0.667. The second kappa shape index (κ2) is 4.86. The lowest BCUT2D eigenvalue weighted by Gasteiger charge is -2.47. The summed E-state index contributed by atoms with van der Waals surface area (Å²) in [5.41, 5.74) is 0.374. The maximum absolute atomic E-state index is 12.4. The van der Waals surface area contributed by atoms with Crippen LogP contribution in [0.3, 0.4) is 0 Å². The van der Waals surface area contributed by atoms with Crippen molar-refractivity contribution in [3.8, 4) is 0 Å². The van der Waals surface area contributed by atoms with Crippen LogP contribution < -0.4 is 0 Å². The maximum atomic E-state index is 12.4. The summed E-state index contributed by atoms with van der Waals surface area (Å²) in [6, 6.07) is 2.41. The average molecular weight is 289 g/mol. The summed E-state index contributed by atoms with van der Waals surface area (Å²) in [6.07, 6.45) is 6.14. The van der Waals surface area contributed by atoms with Crippen LogP contribution in [0, 0.1) is 5.92 Å². The third-order valence-electron chi connectivity index (χ3n) is 4.95. The Kier molecular flexibility index (Phi) is 2.97. The number of carbonyl (C=O) groups is 2. The van der Waals surface area contributed by atoms with E-state index in [0.717, 1.165) is 32.2 Å². The molecule has 2 saturated heterocycles. The number of hydrogen-bond acceptors (Lipinski definition) is 4. The molecule has 1 aromatic heterocycles. The fourth-order valence-electron chi connectivity index (χ4n) is 3.79. The lowest BCUT2D eigenvalue weighted by Crippen LogP contribution is -2.57. The van der Waals surface area contributed by atoms with Gasteiger partial charge in [0.2, 0.25) is 5.91 Å². The van der Waals surface area contributed by atoms with Gasteiger partial charge in [0.25, 0.3) is 5.91 Å². The SMILES string of the molecule is O=C(c1ccon1)N1CCC2C(CCC(=O)N2C2CC2)C1. The molecule has 0 N–H and O–H groups in total. The molecule has 21 heavy (non-hydrogen) atoms. The van der Waals surface area contributed by atoms with Gasteiger partial charge in [0.15, 0.2) is 5.69 Å². The van der Waals surface area contributed by atoms with Crippen LogP contribution in [0.1, 0.15) is 42.6 Å². The van der Waals surface area contributed by atoms with Gasteiger partial charge in [-0.2, -0.15) is 0 Å². The van der Waals surface area contributed by atoms with Crippen molar-refractivity contribution >= 4 is 11.8 Å². The number of fused-ring (bicyclic) bond motifs is 1. The van der Waals surface area contributed by atoms with E-state index in [9.17, 15) is 9.59 Å². The fourth-order valence-corrected chi connectivity index (χ4v) is 3.79. The lowest BCUT2D eigenvalue weighted by atomic mass is 9.83. The van der Waals surface area contributed by atoms with E-state index in [2.05, 4.69) is 10.1 Å². The van der Waals surface area contributed by atoms with Crippen LogP contribution >= 0.6 is 0 Å². The third-order valence-corrected chi connectivity index (χ3v) is 4.95. The van der Waals surface area contributed by atoms with E-state index in [1.165, 1.54) is 6.26 Å². The molecule has 1 aromatic rings. The van der Waals surface area contributed by atoms with Gasteiger partial charge in [-0.05, 0) is 31.6 Å². The van der Waals surface area contributed by atoms with Crippen molar-refractivity contribution < 1.29 is 14.1 Å². The normalized spacial score (nSPS) is 29.4. The molecule has 112 valence electrons. The van der Waals surface area contributed by atoms with E-state index in [-0.39, 0.29) is 5.91 Å². The van der Waals surface area contributed by atoms with Crippen LogP contribution in [0.15, 0.2) is 16.9 Å². The minimum absolute atomic E-state index is 0.0583. The van der Waals surface area contributed by atoms with Crippen molar-refractivity contribution in [2.24, 2.45) is 5.92 Å². The van der Waals surface area contributed by atoms with E-state index < -0.39 is 0 Å². The van der Waals surface area contributed by atoms with E-state index in [1.54, 1.807) is 6.07 Å². The van der Waals surface area contributed by atoms with Gasteiger partial charge in [-0.25, -0.2) is 0 Å². The Bertz CT molecular complexity index is 553. The summed E-state index contributed by atoms with van der Waals surface area (Å²) in [7, 11) is 0. The highest BCUT2D eigenvalue weighted by molar-refractivity contribution is 5.92. The van der Waals surface area contributed by atoms with Gasteiger partial charge in [-0.15, -0.1) is 0 Å². The van der Waals surface area contributed by atoms with E-state index in [0.29, 0.717) is 42.6 Å². The first-order valence-corrected chi connectivity index (χ1v) is 7.75. The minimum atomic E-state index is -0.0583. The Morgan fingerprint density at radius 2 is 2.14 bits per heavy atom. The molecule has 1 aliphatic carbocycles. The van der Waals surface area contributed by atoms with Crippen molar-refractivity contribution in [1.29, 1.82) is 0 Å². The second-order valence-corrected chi connectivity index (χ2v) is 6.32. The standard InChI is InChI=1S/C15H19N3O3/c19-14-4-1-10-9-17(15(20)12-6-8-21-16-12)7-5-13(10)18(14)11-2-3-11/h6,8,10-11,13H,1-5,7,9H2. The summed E-state index contributed by atoms with van der Waals surface area (Å²) in [4.78, 5) is 28.5. The Morgan fingerprint density at radius 1 is 1.29 bits per heavy atom. The van der Waals surface area contributed by atoms with Crippen LogP contribution in [0.4, 0.5) is 0 Å². The highest BCUT2D eigenvalue weighted by atomic mass is 16.5. The molecule has 2 unspecified atom stereocenters. The zero-order valence-corrected chi connectivity index (χ0v) is 11.9. The average Bonchev–Trinajstić information content (AvgIpc) is 3.18. The molecule has 0 bridgehead atoms.